The number of rotatable bonds is 3. The first-order valence-corrected chi connectivity index (χ1v) is 7.22. The Balaban J connectivity index is 1.94. The number of hydrogen-bond donors (Lipinski definition) is 1. The molecule has 0 fully saturated rings. The highest BCUT2D eigenvalue weighted by Crippen LogP contribution is 2.24. The Kier molecular flexibility index (Phi) is 3.76. The number of hydrogen-bond acceptors (Lipinski definition) is 3. The molecule has 0 aliphatic heterocycles. The zero-order chi connectivity index (χ0) is 13.9. The first-order chi connectivity index (χ1) is 9.74. The number of halogens is 1. The molecule has 3 rings (SSSR count). The van der Waals surface area contributed by atoms with Crippen LogP contribution in [0.1, 0.15) is 17.2 Å². The number of aromatic nitrogens is 2. The molecule has 0 radical (unpaired) electrons. The molecular formula is C16H14BrN3. The first-order valence-electron chi connectivity index (χ1n) is 6.43. The molecule has 1 unspecified atom stereocenters. The lowest BCUT2D eigenvalue weighted by atomic mass is 9.97. The van der Waals surface area contributed by atoms with Gasteiger partial charge in [0.1, 0.15) is 0 Å². The summed E-state index contributed by atoms with van der Waals surface area (Å²) in [7, 11) is 0. The van der Waals surface area contributed by atoms with Gasteiger partial charge >= 0.3 is 0 Å². The highest BCUT2D eigenvalue weighted by molar-refractivity contribution is 9.10. The maximum atomic E-state index is 6.37. The van der Waals surface area contributed by atoms with Crippen LogP contribution in [0, 0.1) is 0 Å². The van der Waals surface area contributed by atoms with Crippen LogP contribution < -0.4 is 5.73 Å². The normalized spacial score (nSPS) is 12.5. The van der Waals surface area contributed by atoms with Crippen LogP contribution in [-0.2, 0) is 6.42 Å². The van der Waals surface area contributed by atoms with Gasteiger partial charge in [0.15, 0.2) is 0 Å². The van der Waals surface area contributed by atoms with E-state index in [0.29, 0.717) is 0 Å². The van der Waals surface area contributed by atoms with E-state index in [-0.39, 0.29) is 6.04 Å². The van der Waals surface area contributed by atoms with Crippen LogP contribution in [0.5, 0.6) is 0 Å². The largest absolute Gasteiger partial charge is 0.324 e. The molecule has 1 atom stereocenters. The average Bonchev–Trinajstić information content (AvgIpc) is 2.46. The molecule has 2 heterocycles. The highest BCUT2D eigenvalue weighted by atomic mass is 79.9. The third-order valence-electron chi connectivity index (χ3n) is 3.30. The SMILES string of the molecule is NC(Cc1cncc(Br)c1)c1ccnc2ccccc12. The second-order valence-corrected chi connectivity index (χ2v) is 5.66. The summed E-state index contributed by atoms with van der Waals surface area (Å²) in [6, 6.07) is 12.1. The van der Waals surface area contributed by atoms with E-state index >= 15 is 0 Å². The summed E-state index contributed by atoms with van der Waals surface area (Å²) in [5, 5.41) is 1.12. The fraction of sp³-hybridized carbons (Fsp3) is 0.125. The lowest BCUT2D eigenvalue weighted by Gasteiger charge is -2.14. The number of benzene rings is 1. The minimum Gasteiger partial charge on any atom is -0.324 e. The fourth-order valence-electron chi connectivity index (χ4n) is 2.37. The third-order valence-corrected chi connectivity index (χ3v) is 3.73. The van der Waals surface area contributed by atoms with E-state index in [4.69, 9.17) is 5.73 Å². The molecule has 0 amide bonds. The highest BCUT2D eigenvalue weighted by Gasteiger charge is 2.11. The maximum Gasteiger partial charge on any atom is 0.0705 e. The Bertz CT molecular complexity index is 737. The zero-order valence-corrected chi connectivity index (χ0v) is 12.4. The van der Waals surface area contributed by atoms with E-state index in [1.165, 1.54) is 0 Å². The maximum absolute atomic E-state index is 6.37. The van der Waals surface area contributed by atoms with Gasteiger partial charge in [-0.15, -0.1) is 0 Å². The van der Waals surface area contributed by atoms with Crippen molar-refractivity contribution < 1.29 is 0 Å². The predicted octanol–water partition coefficient (Wildman–Crippen LogP) is 3.63. The van der Waals surface area contributed by atoms with Crippen LogP contribution in [0.4, 0.5) is 0 Å². The lowest BCUT2D eigenvalue weighted by molar-refractivity contribution is 0.724. The van der Waals surface area contributed by atoms with Crippen molar-refractivity contribution in [3.8, 4) is 0 Å². The average molecular weight is 328 g/mol. The van der Waals surface area contributed by atoms with E-state index in [0.717, 1.165) is 32.9 Å². The minimum absolute atomic E-state index is 0.0704. The van der Waals surface area contributed by atoms with Crippen LogP contribution in [0.2, 0.25) is 0 Å². The van der Waals surface area contributed by atoms with E-state index in [1.54, 1.807) is 6.20 Å². The molecule has 0 aliphatic carbocycles. The molecule has 1 aromatic carbocycles. The van der Waals surface area contributed by atoms with Crippen molar-refractivity contribution >= 4 is 26.8 Å². The fourth-order valence-corrected chi connectivity index (χ4v) is 2.78. The van der Waals surface area contributed by atoms with Crippen LogP contribution in [0.25, 0.3) is 10.9 Å². The first kappa shape index (κ1) is 13.2. The molecule has 3 aromatic rings. The van der Waals surface area contributed by atoms with Crippen molar-refractivity contribution in [1.29, 1.82) is 0 Å². The van der Waals surface area contributed by atoms with Crippen molar-refractivity contribution in [3.05, 3.63) is 70.6 Å². The molecule has 2 aromatic heterocycles. The number of para-hydroxylation sites is 1. The standard InChI is InChI=1S/C16H14BrN3/c17-12-7-11(9-19-10-12)8-15(18)13-5-6-20-16-4-2-1-3-14(13)16/h1-7,9-10,15H,8,18H2. The van der Waals surface area contributed by atoms with Gasteiger partial charge in [-0.2, -0.15) is 0 Å². The molecule has 0 bridgehead atoms. The molecule has 100 valence electrons. The quantitative estimate of drug-likeness (QED) is 0.799. The topological polar surface area (TPSA) is 51.8 Å². The van der Waals surface area contributed by atoms with Gasteiger partial charge in [-0.25, -0.2) is 0 Å². The summed E-state index contributed by atoms with van der Waals surface area (Å²) in [5.41, 5.74) is 9.59. The zero-order valence-electron chi connectivity index (χ0n) is 10.8. The van der Waals surface area contributed by atoms with Gasteiger partial charge in [0.05, 0.1) is 5.52 Å². The molecular weight excluding hydrogens is 314 g/mol. The van der Waals surface area contributed by atoms with Gasteiger partial charge in [0, 0.05) is 34.5 Å². The molecule has 0 saturated carbocycles. The minimum atomic E-state index is -0.0704. The van der Waals surface area contributed by atoms with Crippen LogP contribution >= 0.6 is 15.9 Å². The Hall–Kier alpha value is -1.78. The van der Waals surface area contributed by atoms with Gasteiger partial charge in [0.25, 0.3) is 0 Å². The van der Waals surface area contributed by atoms with Gasteiger partial charge in [-0.3, -0.25) is 9.97 Å². The summed E-state index contributed by atoms with van der Waals surface area (Å²) in [6.07, 6.45) is 6.20. The Morgan fingerprint density at radius 2 is 2.00 bits per heavy atom. The predicted molar refractivity (Wildman–Crippen MR) is 84.3 cm³/mol. The summed E-state index contributed by atoms with van der Waals surface area (Å²) >= 11 is 3.43. The van der Waals surface area contributed by atoms with E-state index < -0.39 is 0 Å². The van der Waals surface area contributed by atoms with Crippen molar-refractivity contribution in [1.82, 2.24) is 9.97 Å². The molecule has 0 saturated heterocycles. The Morgan fingerprint density at radius 3 is 2.85 bits per heavy atom. The second kappa shape index (κ2) is 5.69. The summed E-state index contributed by atoms with van der Waals surface area (Å²) in [5.74, 6) is 0. The molecule has 4 heteroatoms. The van der Waals surface area contributed by atoms with E-state index in [2.05, 4.69) is 38.0 Å². The summed E-state index contributed by atoms with van der Waals surface area (Å²) in [6.45, 7) is 0. The summed E-state index contributed by atoms with van der Waals surface area (Å²) in [4.78, 5) is 8.55. The van der Waals surface area contributed by atoms with E-state index in [9.17, 15) is 0 Å². The summed E-state index contributed by atoms with van der Waals surface area (Å²) < 4.78 is 0.974. The van der Waals surface area contributed by atoms with Crippen molar-refractivity contribution in [3.63, 3.8) is 0 Å². The number of nitrogens with two attached hydrogens (primary N) is 1. The van der Waals surface area contributed by atoms with Crippen LogP contribution in [-0.4, -0.2) is 9.97 Å². The van der Waals surface area contributed by atoms with Crippen LogP contribution in [0.3, 0.4) is 0 Å². The number of nitrogens with zero attached hydrogens (tertiary/aromatic N) is 2. The Morgan fingerprint density at radius 1 is 1.15 bits per heavy atom. The molecule has 0 spiro atoms. The van der Waals surface area contributed by atoms with Gasteiger partial charge in [-0.05, 0) is 51.7 Å². The molecule has 3 nitrogen and oxygen atoms in total. The second-order valence-electron chi connectivity index (χ2n) is 4.74. The molecule has 0 aliphatic rings. The number of pyridine rings is 2. The van der Waals surface area contributed by atoms with Gasteiger partial charge in [-0.1, -0.05) is 18.2 Å². The monoisotopic (exact) mass is 327 g/mol. The van der Waals surface area contributed by atoms with E-state index in [1.807, 2.05) is 36.7 Å². The third kappa shape index (κ3) is 2.71. The Labute approximate surface area is 126 Å². The van der Waals surface area contributed by atoms with Crippen molar-refractivity contribution in [2.24, 2.45) is 5.73 Å². The van der Waals surface area contributed by atoms with Gasteiger partial charge < -0.3 is 5.73 Å². The lowest BCUT2D eigenvalue weighted by Crippen LogP contribution is -2.14. The number of fused-ring (bicyclic) bond motifs is 1. The van der Waals surface area contributed by atoms with Crippen LogP contribution in [0.15, 0.2) is 59.5 Å². The van der Waals surface area contributed by atoms with Gasteiger partial charge in [0.2, 0.25) is 0 Å². The van der Waals surface area contributed by atoms with Crippen molar-refractivity contribution in [2.45, 2.75) is 12.5 Å². The smallest absolute Gasteiger partial charge is 0.0705 e. The molecule has 20 heavy (non-hydrogen) atoms. The van der Waals surface area contributed by atoms with Crippen molar-refractivity contribution in [2.75, 3.05) is 0 Å². The molecule has 2 N–H and O–H groups in total.